The highest BCUT2D eigenvalue weighted by molar-refractivity contribution is 5.94. The Morgan fingerprint density at radius 1 is 1.18 bits per heavy atom. The average Bonchev–Trinajstić information content (AvgIpc) is 2.38. The molecule has 0 fully saturated rings. The summed E-state index contributed by atoms with van der Waals surface area (Å²) in [6, 6.07) is 9.49. The zero-order valence-corrected chi connectivity index (χ0v) is 9.06. The summed E-state index contributed by atoms with van der Waals surface area (Å²) < 4.78 is 13.3. The van der Waals surface area contributed by atoms with Crippen LogP contribution < -0.4 is 5.32 Å². The summed E-state index contributed by atoms with van der Waals surface area (Å²) >= 11 is 0. The number of carbonyl (C=O) groups excluding carboxylic acids is 1. The number of amides is 1. The molecule has 2 aromatic rings. The number of benzene rings is 1. The maximum atomic E-state index is 13.3. The Kier molecular flexibility index (Phi) is 3.45. The summed E-state index contributed by atoms with van der Waals surface area (Å²) in [5, 5.41) is 2.65. The molecule has 1 aromatic carbocycles. The largest absolute Gasteiger partial charge is 0.348 e. The zero-order chi connectivity index (χ0) is 12.1. The van der Waals surface area contributed by atoms with Crippen molar-refractivity contribution in [3.63, 3.8) is 0 Å². The minimum absolute atomic E-state index is 0.0570. The predicted octanol–water partition coefficient (Wildman–Crippen LogP) is 2.15. The van der Waals surface area contributed by atoms with Gasteiger partial charge < -0.3 is 5.32 Å². The SMILES string of the molecule is O=C(NCc1ccncc1)c1ccccc1F. The highest BCUT2D eigenvalue weighted by Gasteiger charge is 2.09. The molecule has 0 saturated heterocycles. The average molecular weight is 230 g/mol. The minimum atomic E-state index is -0.514. The van der Waals surface area contributed by atoms with Crippen molar-refractivity contribution in [2.24, 2.45) is 0 Å². The van der Waals surface area contributed by atoms with Gasteiger partial charge in [0.1, 0.15) is 5.82 Å². The molecule has 86 valence electrons. The summed E-state index contributed by atoms with van der Waals surface area (Å²) in [7, 11) is 0. The van der Waals surface area contributed by atoms with Crippen molar-refractivity contribution < 1.29 is 9.18 Å². The lowest BCUT2D eigenvalue weighted by atomic mass is 10.2. The number of hydrogen-bond acceptors (Lipinski definition) is 2. The number of pyridine rings is 1. The molecule has 0 saturated carbocycles. The van der Waals surface area contributed by atoms with Gasteiger partial charge in [0.2, 0.25) is 0 Å². The Morgan fingerprint density at radius 2 is 1.88 bits per heavy atom. The fourth-order valence-electron chi connectivity index (χ4n) is 1.42. The van der Waals surface area contributed by atoms with Gasteiger partial charge in [-0.2, -0.15) is 0 Å². The molecule has 2 rings (SSSR count). The van der Waals surface area contributed by atoms with E-state index in [-0.39, 0.29) is 5.56 Å². The maximum absolute atomic E-state index is 13.3. The molecule has 0 spiro atoms. The summed E-state index contributed by atoms with van der Waals surface area (Å²) in [5.41, 5.74) is 0.978. The van der Waals surface area contributed by atoms with Gasteiger partial charge in [-0.1, -0.05) is 12.1 Å². The van der Waals surface area contributed by atoms with E-state index >= 15 is 0 Å². The van der Waals surface area contributed by atoms with E-state index < -0.39 is 11.7 Å². The van der Waals surface area contributed by atoms with Crippen molar-refractivity contribution in [2.45, 2.75) is 6.54 Å². The third-order valence-corrected chi connectivity index (χ3v) is 2.32. The number of nitrogens with zero attached hydrogens (tertiary/aromatic N) is 1. The summed E-state index contributed by atoms with van der Waals surface area (Å²) in [4.78, 5) is 15.5. The molecule has 0 unspecified atom stereocenters. The van der Waals surface area contributed by atoms with Gasteiger partial charge in [-0.25, -0.2) is 4.39 Å². The molecule has 1 amide bonds. The minimum Gasteiger partial charge on any atom is -0.348 e. The fraction of sp³-hybridized carbons (Fsp3) is 0.0769. The highest BCUT2D eigenvalue weighted by Crippen LogP contribution is 2.06. The van der Waals surface area contributed by atoms with E-state index in [4.69, 9.17) is 0 Å². The van der Waals surface area contributed by atoms with E-state index in [9.17, 15) is 9.18 Å². The van der Waals surface area contributed by atoms with E-state index in [0.29, 0.717) is 6.54 Å². The van der Waals surface area contributed by atoms with Crippen LogP contribution in [0.15, 0.2) is 48.8 Å². The van der Waals surface area contributed by atoms with Crippen LogP contribution in [0.2, 0.25) is 0 Å². The maximum Gasteiger partial charge on any atom is 0.254 e. The smallest absolute Gasteiger partial charge is 0.254 e. The van der Waals surface area contributed by atoms with Crippen LogP contribution in [-0.4, -0.2) is 10.9 Å². The zero-order valence-electron chi connectivity index (χ0n) is 9.06. The Hall–Kier alpha value is -2.23. The number of hydrogen-bond donors (Lipinski definition) is 1. The lowest BCUT2D eigenvalue weighted by Crippen LogP contribution is -2.23. The third kappa shape index (κ3) is 2.87. The van der Waals surface area contributed by atoms with Gasteiger partial charge in [0.25, 0.3) is 5.91 Å². The van der Waals surface area contributed by atoms with Crippen LogP contribution in [0.4, 0.5) is 4.39 Å². The molecule has 0 radical (unpaired) electrons. The van der Waals surface area contributed by atoms with E-state index in [1.807, 2.05) is 0 Å². The second-order valence-electron chi connectivity index (χ2n) is 3.52. The Labute approximate surface area is 98.3 Å². The van der Waals surface area contributed by atoms with Gasteiger partial charge in [0.15, 0.2) is 0 Å². The summed E-state index contributed by atoms with van der Waals surface area (Å²) in [5.74, 6) is -0.931. The molecule has 1 N–H and O–H groups in total. The van der Waals surface area contributed by atoms with E-state index in [1.165, 1.54) is 12.1 Å². The molecule has 0 aliphatic rings. The first-order chi connectivity index (χ1) is 8.27. The second-order valence-corrected chi connectivity index (χ2v) is 3.52. The Bertz CT molecular complexity index is 514. The molecule has 1 heterocycles. The quantitative estimate of drug-likeness (QED) is 0.877. The van der Waals surface area contributed by atoms with Gasteiger partial charge in [0, 0.05) is 18.9 Å². The van der Waals surface area contributed by atoms with Crippen LogP contribution in [0.1, 0.15) is 15.9 Å². The number of rotatable bonds is 3. The molecule has 17 heavy (non-hydrogen) atoms. The van der Waals surface area contributed by atoms with E-state index in [0.717, 1.165) is 5.56 Å². The molecule has 1 aromatic heterocycles. The van der Waals surface area contributed by atoms with E-state index in [1.54, 1.807) is 36.7 Å². The van der Waals surface area contributed by atoms with Crippen LogP contribution in [0.3, 0.4) is 0 Å². The second kappa shape index (κ2) is 5.21. The van der Waals surface area contributed by atoms with Crippen LogP contribution in [0, 0.1) is 5.82 Å². The Balaban J connectivity index is 2.01. The van der Waals surface area contributed by atoms with Crippen molar-refractivity contribution in [1.82, 2.24) is 10.3 Å². The number of carbonyl (C=O) groups is 1. The van der Waals surface area contributed by atoms with Crippen LogP contribution in [0.5, 0.6) is 0 Å². The standard InChI is InChI=1S/C13H11FN2O/c14-12-4-2-1-3-11(12)13(17)16-9-10-5-7-15-8-6-10/h1-8H,9H2,(H,16,17). The molecule has 3 nitrogen and oxygen atoms in total. The van der Waals surface area contributed by atoms with Crippen molar-refractivity contribution in [2.75, 3.05) is 0 Å². The van der Waals surface area contributed by atoms with Gasteiger partial charge >= 0.3 is 0 Å². The Morgan fingerprint density at radius 3 is 2.59 bits per heavy atom. The monoisotopic (exact) mass is 230 g/mol. The topological polar surface area (TPSA) is 42.0 Å². The first kappa shape index (κ1) is 11.3. The lowest BCUT2D eigenvalue weighted by molar-refractivity contribution is 0.0947. The van der Waals surface area contributed by atoms with Crippen LogP contribution in [0.25, 0.3) is 0 Å². The fourth-order valence-corrected chi connectivity index (χ4v) is 1.42. The summed E-state index contributed by atoms with van der Waals surface area (Å²) in [6.07, 6.45) is 3.29. The van der Waals surface area contributed by atoms with Gasteiger partial charge in [-0.3, -0.25) is 9.78 Å². The van der Waals surface area contributed by atoms with Crippen molar-refractivity contribution in [3.05, 3.63) is 65.7 Å². The predicted molar refractivity (Wildman–Crippen MR) is 61.8 cm³/mol. The molecular weight excluding hydrogens is 219 g/mol. The third-order valence-electron chi connectivity index (χ3n) is 2.32. The number of halogens is 1. The number of aromatic nitrogens is 1. The highest BCUT2D eigenvalue weighted by atomic mass is 19.1. The molecule has 0 aliphatic heterocycles. The lowest BCUT2D eigenvalue weighted by Gasteiger charge is -2.05. The van der Waals surface area contributed by atoms with Crippen molar-refractivity contribution >= 4 is 5.91 Å². The number of nitrogens with one attached hydrogen (secondary N) is 1. The van der Waals surface area contributed by atoms with Crippen molar-refractivity contribution in [3.8, 4) is 0 Å². The summed E-state index contributed by atoms with van der Waals surface area (Å²) in [6.45, 7) is 0.357. The molecule has 0 atom stereocenters. The molecule has 4 heteroatoms. The molecular formula is C13H11FN2O. The first-order valence-corrected chi connectivity index (χ1v) is 5.19. The van der Waals surface area contributed by atoms with Gasteiger partial charge in [-0.05, 0) is 29.8 Å². The van der Waals surface area contributed by atoms with Crippen LogP contribution >= 0.6 is 0 Å². The van der Waals surface area contributed by atoms with E-state index in [2.05, 4.69) is 10.3 Å². The normalized spacial score (nSPS) is 9.94. The first-order valence-electron chi connectivity index (χ1n) is 5.19. The van der Waals surface area contributed by atoms with Crippen molar-refractivity contribution in [1.29, 1.82) is 0 Å². The van der Waals surface area contributed by atoms with Gasteiger partial charge in [-0.15, -0.1) is 0 Å². The van der Waals surface area contributed by atoms with Gasteiger partial charge in [0.05, 0.1) is 5.56 Å². The van der Waals surface area contributed by atoms with Crippen LogP contribution in [-0.2, 0) is 6.54 Å². The molecule has 0 aliphatic carbocycles. The molecule has 0 bridgehead atoms.